The number of aryl methyl sites for hydroxylation is 1. The van der Waals surface area contributed by atoms with Crippen LogP contribution in [-0.4, -0.2) is 14.7 Å². The highest BCUT2D eigenvalue weighted by Crippen LogP contribution is 2.34. The van der Waals surface area contributed by atoms with Crippen LogP contribution in [0.5, 0.6) is 5.75 Å². The van der Waals surface area contributed by atoms with Crippen LogP contribution in [0.2, 0.25) is 0 Å². The molecule has 3 rings (SSSR count). The van der Waals surface area contributed by atoms with Crippen LogP contribution in [0, 0.1) is 6.92 Å². The second-order valence-corrected chi connectivity index (χ2v) is 6.47. The number of hydrogen-bond donors (Lipinski definition) is 1. The first-order valence-electron chi connectivity index (χ1n) is 6.95. The number of nitrogens with zero attached hydrogens (tertiary/aromatic N) is 2. The van der Waals surface area contributed by atoms with Crippen LogP contribution >= 0.6 is 15.9 Å². The molecule has 0 aliphatic rings. The molecule has 0 bridgehead atoms. The molecule has 3 aromatic rings. The monoisotopic (exact) mass is 344 g/mol. The third kappa shape index (κ3) is 2.44. The Morgan fingerprint density at radius 2 is 1.90 bits per heavy atom. The number of aromatic hydroxyl groups is 1. The molecule has 0 saturated heterocycles. The molecule has 0 fully saturated rings. The van der Waals surface area contributed by atoms with E-state index in [4.69, 9.17) is 4.98 Å². The molecular weight excluding hydrogens is 328 g/mol. The van der Waals surface area contributed by atoms with Gasteiger partial charge in [0.05, 0.1) is 16.6 Å². The Balaban J connectivity index is 2.36. The summed E-state index contributed by atoms with van der Waals surface area (Å²) in [7, 11) is 0. The van der Waals surface area contributed by atoms with Crippen molar-refractivity contribution in [3.63, 3.8) is 0 Å². The van der Waals surface area contributed by atoms with Gasteiger partial charge in [0.15, 0.2) is 0 Å². The highest BCUT2D eigenvalue weighted by molar-refractivity contribution is 9.10. The van der Waals surface area contributed by atoms with Gasteiger partial charge in [-0.05, 0) is 51.1 Å². The van der Waals surface area contributed by atoms with E-state index >= 15 is 0 Å². The number of hydrogen-bond acceptors (Lipinski definition) is 2. The van der Waals surface area contributed by atoms with E-state index in [1.165, 1.54) is 0 Å². The molecular formula is C17H17BrN2O. The minimum Gasteiger partial charge on any atom is -0.507 e. The van der Waals surface area contributed by atoms with Crippen LogP contribution < -0.4 is 0 Å². The van der Waals surface area contributed by atoms with Gasteiger partial charge in [-0.15, -0.1) is 0 Å². The van der Waals surface area contributed by atoms with Gasteiger partial charge in [-0.2, -0.15) is 0 Å². The first-order valence-corrected chi connectivity index (χ1v) is 7.74. The van der Waals surface area contributed by atoms with Crippen LogP contribution in [-0.2, 0) is 0 Å². The molecule has 0 saturated carbocycles. The van der Waals surface area contributed by atoms with Gasteiger partial charge in [-0.1, -0.05) is 27.6 Å². The van der Waals surface area contributed by atoms with Gasteiger partial charge in [-0.25, -0.2) is 4.98 Å². The van der Waals surface area contributed by atoms with Crippen molar-refractivity contribution in [1.82, 2.24) is 9.55 Å². The van der Waals surface area contributed by atoms with Gasteiger partial charge >= 0.3 is 0 Å². The first kappa shape index (κ1) is 14.1. The number of halogens is 1. The Kier molecular flexibility index (Phi) is 3.49. The number of fused-ring (bicyclic) bond motifs is 1. The SMILES string of the molecule is Cc1ccc(O)c(-c2nc3cc(Br)ccc3n2C(C)C)c1. The summed E-state index contributed by atoms with van der Waals surface area (Å²) < 4.78 is 3.17. The second kappa shape index (κ2) is 5.19. The maximum absolute atomic E-state index is 10.2. The zero-order chi connectivity index (χ0) is 15.1. The molecule has 4 heteroatoms. The molecule has 108 valence electrons. The number of benzene rings is 2. The summed E-state index contributed by atoms with van der Waals surface area (Å²) in [6.45, 7) is 6.26. The van der Waals surface area contributed by atoms with Crippen LogP contribution in [0.25, 0.3) is 22.4 Å². The molecule has 2 aromatic carbocycles. The molecule has 0 atom stereocenters. The topological polar surface area (TPSA) is 38.1 Å². The number of imidazole rings is 1. The van der Waals surface area contributed by atoms with Crippen LogP contribution in [0.3, 0.4) is 0 Å². The van der Waals surface area contributed by atoms with E-state index in [0.717, 1.165) is 32.5 Å². The van der Waals surface area contributed by atoms with Crippen LogP contribution in [0.4, 0.5) is 0 Å². The van der Waals surface area contributed by atoms with Crippen molar-refractivity contribution in [2.24, 2.45) is 0 Å². The van der Waals surface area contributed by atoms with Crippen molar-refractivity contribution in [1.29, 1.82) is 0 Å². The van der Waals surface area contributed by atoms with Gasteiger partial charge in [0.2, 0.25) is 0 Å². The lowest BCUT2D eigenvalue weighted by molar-refractivity contribution is 0.476. The first-order chi connectivity index (χ1) is 9.97. The van der Waals surface area contributed by atoms with Crippen LogP contribution in [0.15, 0.2) is 40.9 Å². The fourth-order valence-corrected chi connectivity index (χ4v) is 2.96. The van der Waals surface area contributed by atoms with E-state index in [2.05, 4.69) is 40.4 Å². The Morgan fingerprint density at radius 3 is 2.62 bits per heavy atom. The predicted molar refractivity (Wildman–Crippen MR) is 89.7 cm³/mol. The average molecular weight is 345 g/mol. The third-order valence-corrected chi connectivity index (χ3v) is 4.05. The van der Waals surface area contributed by atoms with Crippen molar-refractivity contribution in [3.05, 3.63) is 46.4 Å². The molecule has 1 heterocycles. The minimum atomic E-state index is 0.256. The molecule has 0 radical (unpaired) electrons. The van der Waals surface area contributed by atoms with Gasteiger partial charge < -0.3 is 9.67 Å². The Labute approximate surface area is 132 Å². The summed E-state index contributed by atoms with van der Waals surface area (Å²) in [5, 5.41) is 10.2. The molecule has 21 heavy (non-hydrogen) atoms. The lowest BCUT2D eigenvalue weighted by Crippen LogP contribution is -2.03. The maximum Gasteiger partial charge on any atom is 0.145 e. The highest BCUT2D eigenvalue weighted by atomic mass is 79.9. The highest BCUT2D eigenvalue weighted by Gasteiger charge is 2.17. The van der Waals surface area contributed by atoms with Crippen molar-refractivity contribution >= 4 is 27.0 Å². The van der Waals surface area contributed by atoms with Gasteiger partial charge in [0.25, 0.3) is 0 Å². The Bertz CT molecular complexity index is 821. The summed E-state index contributed by atoms with van der Waals surface area (Å²) in [6, 6.07) is 11.9. The zero-order valence-corrected chi connectivity index (χ0v) is 13.8. The normalized spacial score (nSPS) is 11.5. The lowest BCUT2D eigenvalue weighted by atomic mass is 10.1. The molecule has 0 aliphatic carbocycles. The van der Waals surface area contributed by atoms with Gasteiger partial charge in [-0.3, -0.25) is 0 Å². The van der Waals surface area contributed by atoms with Gasteiger partial charge in [0.1, 0.15) is 11.6 Å². The molecule has 0 unspecified atom stereocenters. The van der Waals surface area contributed by atoms with E-state index in [0.29, 0.717) is 0 Å². The Morgan fingerprint density at radius 1 is 1.14 bits per heavy atom. The minimum absolute atomic E-state index is 0.256. The third-order valence-electron chi connectivity index (χ3n) is 3.56. The summed E-state index contributed by atoms with van der Waals surface area (Å²) in [5.74, 6) is 1.07. The average Bonchev–Trinajstić information content (AvgIpc) is 2.79. The zero-order valence-electron chi connectivity index (χ0n) is 12.3. The fraction of sp³-hybridized carbons (Fsp3) is 0.235. The molecule has 0 aliphatic heterocycles. The number of phenols is 1. The van der Waals surface area contributed by atoms with E-state index in [1.54, 1.807) is 6.07 Å². The summed E-state index contributed by atoms with van der Waals surface area (Å²) in [5.41, 5.74) is 3.88. The van der Waals surface area contributed by atoms with Gasteiger partial charge in [0, 0.05) is 10.5 Å². The molecule has 0 spiro atoms. The van der Waals surface area contributed by atoms with Crippen LogP contribution in [0.1, 0.15) is 25.5 Å². The number of phenolic OH excluding ortho intramolecular Hbond substituents is 1. The summed E-state index contributed by atoms with van der Waals surface area (Å²) >= 11 is 3.49. The Hall–Kier alpha value is -1.81. The molecule has 3 nitrogen and oxygen atoms in total. The largest absolute Gasteiger partial charge is 0.507 e. The van der Waals surface area contributed by atoms with E-state index in [9.17, 15) is 5.11 Å². The summed E-state index contributed by atoms with van der Waals surface area (Å²) in [4.78, 5) is 4.74. The smallest absolute Gasteiger partial charge is 0.145 e. The van der Waals surface area contributed by atoms with Crippen molar-refractivity contribution in [2.75, 3.05) is 0 Å². The van der Waals surface area contributed by atoms with E-state index in [1.807, 2.05) is 31.2 Å². The van der Waals surface area contributed by atoms with E-state index in [-0.39, 0.29) is 11.8 Å². The lowest BCUT2D eigenvalue weighted by Gasteiger charge is -2.14. The second-order valence-electron chi connectivity index (χ2n) is 5.55. The number of rotatable bonds is 2. The van der Waals surface area contributed by atoms with Crippen molar-refractivity contribution in [2.45, 2.75) is 26.8 Å². The molecule has 1 aromatic heterocycles. The number of aromatic nitrogens is 2. The predicted octanol–water partition coefficient (Wildman–Crippen LogP) is 5.06. The summed E-state index contributed by atoms with van der Waals surface area (Å²) in [6.07, 6.45) is 0. The fourth-order valence-electron chi connectivity index (χ4n) is 2.61. The quantitative estimate of drug-likeness (QED) is 0.705. The standard InChI is InChI=1S/C17H17BrN2O/c1-10(2)20-15-6-5-12(18)9-14(15)19-17(20)13-8-11(3)4-7-16(13)21/h4-10,21H,1-3H3. The van der Waals surface area contributed by atoms with Crippen molar-refractivity contribution < 1.29 is 5.11 Å². The van der Waals surface area contributed by atoms with E-state index < -0.39 is 0 Å². The molecule has 0 amide bonds. The van der Waals surface area contributed by atoms with Crippen molar-refractivity contribution in [3.8, 4) is 17.1 Å². The maximum atomic E-state index is 10.2. The molecule has 1 N–H and O–H groups in total.